The average Bonchev–Trinajstić information content (AvgIpc) is 2.69. The van der Waals surface area contributed by atoms with Gasteiger partial charge in [-0.3, -0.25) is 0 Å². The summed E-state index contributed by atoms with van der Waals surface area (Å²) in [6.45, 7) is 33.1. The molecule has 0 fully saturated rings. The molecule has 0 aliphatic heterocycles. The molecule has 0 aliphatic rings. The lowest BCUT2D eigenvalue weighted by Crippen LogP contribution is -2.47. The Bertz CT molecular complexity index is 497. The standard InChI is InChI=1S/C28H50O2Si2/c1-11-19-31(20-12-2,21-13-3)29-26(9)28(18-17-25(7)8)27(10)30-32(22-14-4,23-15-5)24-16-6/h11-16,25-28H,1-6,17-24H2,7-10H3. The van der Waals surface area contributed by atoms with Gasteiger partial charge in [0.2, 0.25) is 16.6 Å². The van der Waals surface area contributed by atoms with Crippen LogP contribution in [0.4, 0.5) is 0 Å². The Balaban J connectivity index is 5.92. The van der Waals surface area contributed by atoms with Gasteiger partial charge >= 0.3 is 0 Å². The van der Waals surface area contributed by atoms with E-state index in [2.05, 4.69) is 67.2 Å². The summed E-state index contributed by atoms with van der Waals surface area (Å²) >= 11 is 0. The third-order valence-electron chi connectivity index (χ3n) is 6.25. The highest BCUT2D eigenvalue weighted by Gasteiger charge is 2.39. The lowest BCUT2D eigenvalue weighted by atomic mass is 9.90. The number of hydrogen-bond acceptors (Lipinski definition) is 2. The van der Waals surface area contributed by atoms with Crippen LogP contribution < -0.4 is 0 Å². The van der Waals surface area contributed by atoms with E-state index in [0.717, 1.165) is 49.1 Å². The molecule has 0 aromatic heterocycles. The van der Waals surface area contributed by atoms with Crippen molar-refractivity contribution in [3.8, 4) is 0 Å². The lowest BCUT2D eigenvalue weighted by Gasteiger charge is -2.41. The zero-order chi connectivity index (χ0) is 24.6. The normalized spacial score (nSPS) is 14.9. The van der Waals surface area contributed by atoms with Crippen LogP contribution in [0.5, 0.6) is 0 Å². The molecule has 0 spiro atoms. The van der Waals surface area contributed by atoms with E-state index in [1.165, 1.54) is 0 Å². The Labute approximate surface area is 202 Å². The van der Waals surface area contributed by atoms with Gasteiger partial charge in [0.15, 0.2) is 0 Å². The van der Waals surface area contributed by atoms with E-state index < -0.39 is 16.6 Å². The maximum Gasteiger partial charge on any atom is 0.204 e. The Hall–Kier alpha value is -1.21. The molecular formula is C28H50O2Si2. The highest BCUT2D eigenvalue weighted by Crippen LogP contribution is 2.34. The number of hydrogen-bond donors (Lipinski definition) is 0. The molecular weight excluding hydrogens is 424 g/mol. The Morgan fingerprint density at radius 1 is 0.531 bits per heavy atom. The summed E-state index contributed by atoms with van der Waals surface area (Å²) in [4.78, 5) is 0. The van der Waals surface area contributed by atoms with Crippen LogP contribution in [0.2, 0.25) is 36.3 Å². The number of rotatable bonds is 21. The molecule has 32 heavy (non-hydrogen) atoms. The zero-order valence-corrected chi connectivity index (χ0v) is 23.5. The first-order chi connectivity index (χ1) is 15.2. The van der Waals surface area contributed by atoms with Gasteiger partial charge in [-0.15, -0.1) is 39.5 Å². The van der Waals surface area contributed by atoms with Crippen LogP contribution >= 0.6 is 0 Å². The maximum atomic E-state index is 6.97. The predicted molar refractivity (Wildman–Crippen MR) is 150 cm³/mol. The molecule has 0 bridgehead atoms. The van der Waals surface area contributed by atoms with Crippen LogP contribution in [0.15, 0.2) is 75.9 Å². The molecule has 2 nitrogen and oxygen atoms in total. The Kier molecular flexibility index (Phi) is 15.8. The molecule has 2 atom stereocenters. The molecule has 4 heteroatoms. The fourth-order valence-corrected chi connectivity index (χ4v) is 11.4. The van der Waals surface area contributed by atoms with Gasteiger partial charge in [-0.05, 0) is 62.5 Å². The fourth-order valence-electron chi connectivity index (χ4n) is 4.71. The zero-order valence-electron chi connectivity index (χ0n) is 21.5. The van der Waals surface area contributed by atoms with Gasteiger partial charge in [-0.1, -0.05) is 56.7 Å². The van der Waals surface area contributed by atoms with Gasteiger partial charge in [-0.2, -0.15) is 0 Å². The molecule has 0 N–H and O–H groups in total. The van der Waals surface area contributed by atoms with Crippen molar-refractivity contribution < 1.29 is 8.85 Å². The largest absolute Gasteiger partial charge is 0.413 e. The molecule has 0 heterocycles. The molecule has 182 valence electrons. The fraction of sp³-hybridized carbons (Fsp3) is 0.571. The molecule has 0 aromatic rings. The van der Waals surface area contributed by atoms with Crippen molar-refractivity contribution in [1.29, 1.82) is 0 Å². The summed E-state index contributed by atoms with van der Waals surface area (Å²) in [5, 5.41) is 0. The first kappa shape index (κ1) is 30.8. The van der Waals surface area contributed by atoms with Crippen molar-refractivity contribution in [2.75, 3.05) is 0 Å². The van der Waals surface area contributed by atoms with E-state index in [0.29, 0.717) is 11.8 Å². The van der Waals surface area contributed by atoms with Gasteiger partial charge in [0.1, 0.15) is 0 Å². The summed E-state index contributed by atoms with van der Waals surface area (Å²) in [5.74, 6) is 0.958. The van der Waals surface area contributed by atoms with E-state index in [1.54, 1.807) is 0 Å². The van der Waals surface area contributed by atoms with Crippen LogP contribution in [0.1, 0.15) is 40.5 Å². The smallest absolute Gasteiger partial charge is 0.204 e. The van der Waals surface area contributed by atoms with Gasteiger partial charge in [0, 0.05) is 18.1 Å². The van der Waals surface area contributed by atoms with Crippen LogP contribution in [0, 0.1) is 11.8 Å². The second kappa shape index (κ2) is 16.4. The van der Waals surface area contributed by atoms with Crippen molar-refractivity contribution in [2.45, 2.75) is 89.0 Å². The molecule has 0 saturated heterocycles. The average molecular weight is 475 g/mol. The van der Waals surface area contributed by atoms with E-state index >= 15 is 0 Å². The van der Waals surface area contributed by atoms with Crippen LogP contribution in [0.25, 0.3) is 0 Å². The monoisotopic (exact) mass is 474 g/mol. The molecule has 0 radical (unpaired) electrons. The SMILES string of the molecule is C=CC[Si](CC=C)(CC=C)OC(C)C(CCC(C)C)C(C)O[Si](CC=C)(CC=C)CC=C. The molecule has 0 aliphatic carbocycles. The van der Waals surface area contributed by atoms with Crippen molar-refractivity contribution in [2.24, 2.45) is 11.8 Å². The topological polar surface area (TPSA) is 18.5 Å². The highest BCUT2D eigenvalue weighted by atomic mass is 28.4. The highest BCUT2D eigenvalue weighted by molar-refractivity contribution is 6.75. The third kappa shape index (κ3) is 10.6. The van der Waals surface area contributed by atoms with Crippen molar-refractivity contribution in [3.05, 3.63) is 75.9 Å². The second-order valence-electron chi connectivity index (χ2n) is 9.60. The van der Waals surface area contributed by atoms with Crippen LogP contribution in [-0.2, 0) is 8.85 Å². The quantitative estimate of drug-likeness (QED) is 0.122. The summed E-state index contributed by atoms with van der Waals surface area (Å²) in [6.07, 6.45) is 14.5. The lowest BCUT2D eigenvalue weighted by molar-refractivity contribution is 0.0405. The minimum absolute atomic E-state index is 0.0955. The van der Waals surface area contributed by atoms with Crippen molar-refractivity contribution in [1.82, 2.24) is 0 Å². The molecule has 0 rings (SSSR count). The van der Waals surface area contributed by atoms with Gasteiger partial charge in [0.05, 0.1) is 0 Å². The second-order valence-corrected chi connectivity index (χ2v) is 17.3. The third-order valence-corrected chi connectivity index (χ3v) is 14.2. The Morgan fingerprint density at radius 3 is 1.03 bits per heavy atom. The van der Waals surface area contributed by atoms with Gasteiger partial charge in [-0.25, -0.2) is 0 Å². The minimum atomic E-state index is -2.07. The molecule has 0 amide bonds. The molecule has 2 unspecified atom stereocenters. The summed E-state index contributed by atoms with van der Waals surface area (Å²) in [5.41, 5.74) is 0. The predicted octanol–water partition coefficient (Wildman–Crippen LogP) is 8.86. The van der Waals surface area contributed by atoms with E-state index in [9.17, 15) is 0 Å². The minimum Gasteiger partial charge on any atom is -0.413 e. The first-order valence-electron chi connectivity index (χ1n) is 12.2. The summed E-state index contributed by atoms with van der Waals surface area (Å²) < 4.78 is 13.9. The molecule has 0 saturated carbocycles. The summed E-state index contributed by atoms with van der Waals surface area (Å²) in [6, 6.07) is 5.44. The van der Waals surface area contributed by atoms with Crippen LogP contribution in [0.3, 0.4) is 0 Å². The van der Waals surface area contributed by atoms with E-state index in [-0.39, 0.29) is 12.2 Å². The first-order valence-corrected chi connectivity index (χ1v) is 17.3. The number of allylic oxidation sites excluding steroid dienone is 6. The van der Waals surface area contributed by atoms with Crippen LogP contribution in [-0.4, -0.2) is 28.8 Å². The summed E-state index contributed by atoms with van der Waals surface area (Å²) in [7, 11) is -4.15. The maximum absolute atomic E-state index is 6.97. The van der Waals surface area contributed by atoms with Crippen molar-refractivity contribution >= 4 is 16.6 Å². The molecule has 0 aromatic carbocycles. The van der Waals surface area contributed by atoms with Crippen molar-refractivity contribution in [3.63, 3.8) is 0 Å². The van der Waals surface area contributed by atoms with Gasteiger partial charge < -0.3 is 8.85 Å². The van der Waals surface area contributed by atoms with Gasteiger partial charge in [0.25, 0.3) is 0 Å². The van der Waals surface area contributed by atoms with E-state index in [1.807, 2.05) is 36.5 Å². The Morgan fingerprint density at radius 2 is 0.812 bits per heavy atom. The van der Waals surface area contributed by atoms with E-state index in [4.69, 9.17) is 8.85 Å².